The molecule has 0 spiro atoms. The fraction of sp³-hybridized carbons (Fsp3) is 0.143. The summed E-state index contributed by atoms with van der Waals surface area (Å²) in [5.74, 6) is 0. The maximum Gasteiger partial charge on any atom is 0.488 e. The highest BCUT2D eigenvalue weighted by Crippen LogP contribution is 2.11. The van der Waals surface area contributed by atoms with Crippen LogP contribution >= 0.6 is 11.6 Å². The van der Waals surface area contributed by atoms with Gasteiger partial charge >= 0.3 is 7.12 Å². The molecule has 0 bridgehead atoms. The van der Waals surface area contributed by atoms with Gasteiger partial charge in [-0.25, -0.2) is 0 Å². The molecular weight excluding hydrogens is 262 g/mol. The molecule has 0 atom stereocenters. The van der Waals surface area contributed by atoms with Crippen molar-refractivity contribution in [2.45, 2.75) is 13.2 Å². The lowest BCUT2D eigenvalue weighted by atomic mass is 9.77. The minimum absolute atomic E-state index is 0.330. The van der Waals surface area contributed by atoms with Gasteiger partial charge in [0.05, 0.1) is 13.2 Å². The number of halogens is 1. The lowest BCUT2D eigenvalue weighted by Crippen LogP contribution is -2.33. The van der Waals surface area contributed by atoms with Gasteiger partial charge in [0, 0.05) is 5.02 Å². The number of benzene rings is 2. The molecule has 3 nitrogen and oxygen atoms in total. The molecule has 0 saturated heterocycles. The van der Waals surface area contributed by atoms with Crippen molar-refractivity contribution < 1.29 is 14.8 Å². The van der Waals surface area contributed by atoms with Crippen molar-refractivity contribution in [3.63, 3.8) is 0 Å². The summed E-state index contributed by atoms with van der Waals surface area (Å²) in [6, 6.07) is 14.5. The quantitative estimate of drug-likeness (QED) is 0.818. The van der Waals surface area contributed by atoms with Gasteiger partial charge in [-0.2, -0.15) is 0 Å². The van der Waals surface area contributed by atoms with Gasteiger partial charge in [-0.05, 0) is 28.7 Å². The molecule has 0 aromatic heterocycles. The normalized spacial score (nSPS) is 10.5. The SMILES string of the molecule is OB(O)c1ccccc1COCc1ccc(Cl)cc1. The molecule has 0 aliphatic carbocycles. The van der Waals surface area contributed by atoms with Crippen LogP contribution in [0.5, 0.6) is 0 Å². The summed E-state index contributed by atoms with van der Waals surface area (Å²) in [7, 11) is -1.48. The van der Waals surface area contributed by atoms with E-state index in [4.69, 9.17) is 16.3 Å². The second-order valence-corrected chi connectivity index (χ2v) is 4.63. The Balaban J connectivity index is 1.94. The highest BCUT2D eigenvalue weighted by molar-refractivity contribution is 6.59. The van der Waals surface area contributed by atoms with Gasteiger partial charge in [-0.3, -0.25) is 0 Å². The van der Waals surface area contributed by atoms with E-state index in [0.717, 1.165) is 11.1 Å². The topological polar surface area (TPSA) is 49.7 Å². The van der Waals surface area contributed by atoms with E-state index in [0.29, 0.717) is 23.7 Å². The summed E-state index contributed by atoms with van der Waals surface area (Å²) in [6.45, 7) is 0.781. The van der Waals surface area contributed by atoms with Crippen molar-refractivity contribution in [3.8, 4) is 0 Å². The van der Waals surface area contributed by atoms with Crippen molar-refractivity contribution in [1.82, 2.24) is 0 Å². The predicted molar refractivity (Wildman–Crippen MR) is 76.2 cm³/mol. The van der Waals surface area contributed by atoms with Crippen LogP contribution in [0.3, 0.4) is 0 Å². The molecule has 2 aromatic carbocycles. The van der Waals surface area contributed by atoms with Crippen molar-refractivity contribution in [2.24, 2.45) is 0 Å². The second-order valence-electron chi connectivity index (χ2n) is 4.19. The highest BCUT2D eigenvalue weighted by atomic mass is 35.5. The zero-order valence-corrected chi connectivity index (χ0v) is 11.0. The Bertz CT molecular complexity index is 528. The fourth-order valence-electron chi connectivity index (χ4n) is 1.78. The number of ether oxygens (including phenoxy) is 1. The van der Waals surface area contributed by atoms with E-state index in [1.165, 1.54) is 0 Å². The molecule has 2 rings (SSSR count). The van der Waals surface area contributed by atoms with Crippen molar-refractivity contribution in [1.29, 1.82) is 0 Å². The van der Waals surface area contributed by atoms with E-state index in [9.17, 15) is 10.0 Å². The highest BCUT2D eigenvalue weighted by Gasteiger charge is 2.14. The van der Waals surface area contributed by atoms with E-state index in [-0.39, 0.29) is 0 Å². The lowest BCUT2D eigenvalue weighted by Gasteiger charge is -2.09. The Labute approximate surface area is 117 Å². The third-order valence-electron chi connectivity index (χ3n) is 2.77. The number of hydrogen-bond acceptors (Lipinski definition) is 3. The van der Waals surface area contributed by atoms with Gasteiger partial charge in [0.25, 0.3) is 0 Å². The third-order valence-corrected chi connectivity index (χ3v) is 3.02. The molecule has 2 N–H and O–H groups in total. The van der Waals surface area contributed by atoms with Crippen LogP contribution < -0.4 is 5.46 Å². The van der Waals surface area contributed by atoms with Gasteiger partial charge in [-0.15, -0.1) is 0 Å². The minimum atomic E-state index is -1.48. The average Bonchev–Trinajstić information content (AvgIpc) is 2.41. The molecule has 0 amide bonds. The summed E-state index contributed by atoms with van der Waals surface area (Å²) in [6.07, 6.45) is 0. The molecule has 98 valence electrons. The standard InChI is InChI=1S/C14H14BClO3/c16-13-7-5-11(6-8-13)9-19-10-12-3-1-2-4-14(12)15(17)18/h1-8,17-18H,9-10H2. The molecule has 0 aliphatic rings. The van der Waals surface area contributed by atoms with Crippen LogP contribution in [0.2, 0.25) is 5.02 Å². The summed E-state index contributed by atoms with van der Waals surface area (Å²) < 4.78 is 5.57. The van der Waals surface area contributed by atoms with E-state index in [2.05, 4.69) is 0 Å². The van der Waals surface area contributed by atoms with Crippen LogP contribution in [0.1, 0.15) is 11.1 Å². The molecule has 0 fully saturated rings. The summed E-state index contributed by atoms with van der Waals surface area (Å²) in [4.78, 5) is 0. The fourth-order valence-corrected chi connectivity index (χ4v) is 1.90. The number of rotatable bonds is 5. The predicted octanol–water partition coefficient (Wildman–Crippen LogP) is 1.74. The van der Waals surface area contributed by atoms with Crippen LogP contribution in [0.15, 0.2) is 48.5 Å². The monoisotopic (exact) mass is 276 g/mol. The molecule has 2 aromatic rings. The van der Waals surface area contributed by atoms with Gasteiger partial charge in [-0.1, -0.05) is 48.0 Å². The molecule has 0 unspecified atom stereocenters. The van der Waals surface area contributed by atoms with E-state index in [1.807, 2.05) is 36.4 Å². The first-order chi connectivity index (χ1) is 9.16. The van der Waals surface area contributed by atoms with Crippen molar-refractivity contribution in [2.75, 3.05) is 0 Å². The molecule has 0 heterocycles. The first-order valence-electron chi connectivity index (χ1n) is 5.93. The summed E-state index contributed by atoms with van der Waals surface area (Å²) in [5.41, 5.74) is 2.26. The van der Waals surface area contributed by atoms with Crippen LogP contribution in [-0.4, -0.2) is 17.2 Å². The third kappa shape index (κ3) is 4.08. The van der Waals surface area contributed by atoms with Crippen molar-refractivity contribution >= 4 is 24.2 Å². The largest absolute Gasteiger partial charge is 0.488 e. The number of hydrogen-bond donors (Lipinski definition) is 2. The van der Waals surface area contributed by atoms with Gasteiger partial charge in [0.2, 0.25) is 0 Å². The maximum atomic E-state index is 9.24. The van der Waals surface area contributed by atoms with Crippen LogP contribution in [0.25, 0.3) is 0 Å². The molecular formula is C14H14BClO3. The summed E-state index contributed by atoms with van der Waals surface area (Å²) >= 11 is 5.80. The first kappa shape index (κ1) is 14.1. The maximum absolute atomic E-state index is 9.24. The van der Waals surface area contributed by atoms with Gasteiger partial charge in [0.15, 0.2) is 0 Å². The van der Waals surface area contributed by atoms with Crippen LogP contribution in [-0.2, 0) is 18.0 Å². The van der Waals surface area contributed by atoms with Crippen LogP contribution in [0, 0.1) is 0 Å². The molecule has 5 heteroatoms. The average molecular weight is 277 g/mol. The minimum Gasteiger partial charge on any atom is -0.423 e. The van der Waals surface area contributed by atoms with E-state index < -0.39 is 7.12 Å². The van der Waals surface area contributed by atoms with Crippen LogP contribution in [0.4, 0.5) is 0 Å². The van der Waals surface area contributed by atoms with E-state index in [1.54, 1.807) is 12.1 Å². The Morgan fingerprint density at radius 3 is 2.32 bits per heavy atom. The zero-order chi connectivity index (χ0) is 13.7. The van der Waals surface area contributed by atoms with Crippen molar-refractivity contribution in [3.05, 3.63) is 64.7 Å². The molecule has 0 saturated carbocycles. The van der Waals surface area contributed by atoms with Gasteiger partial charge in [0.1, 0.15) is 0 Å². The zero-order valence-electron chi connectivity index (χ0n) is 10.3. The molecule has 0 radical (unpaired) electrons. The Morgan fingerprint density at radius 2 is 1.63 bits per heavy atom. The summed E-state index contributed by atoms with van der Waals surface area (Å²) in [5, 5.41) is 19.2. The molecule has 0 aliphatic heterocycles. The lowest BCUT2D eigenvalue weighted by molar-refractivity contribution is 0.107. The Hall–Kier alpha value is -1.33. The van der Waals surface area contributed by atoms with E-state index >= 15 is 0 Å². The first-order valence-corrected chi connectivity index (χ1v) is 6.31. The Morgan fingerprint density at radius 1 is 0.947 bits per heavy atom. The van der Waals surface area contributed by atoms with Gasteiger partial charge < -0.3 is 14.8 Å². The second kappa shape index (κ2) is 6.73. The molecule has 19 heavy (non-hydrogen) atoms. The Kier molecular flexibility index (Phi) is 4.99. The smallest absolute Gasteiger partial charge is 0.423 e.